The zero-order chi connectivity index (χ0) is 25.7. The summed E-state index contributed by atoms with van der Waals surface area (Å²) >= 11 is 0. The van der Waals surface area contributed by atoms with Crippen molar-refractivity contribution in [2.45, 2.75) is 51.0 Å². The summed E-state index contributed by atoms with van der Waals surface area (Å²) in [5.74, 6) is 1.31. The van der Waals surface area contributed by atoms with Gasteiger partial charge in [0.15, 0.2) is 0 Å². The smallest absolute Gasteiger partial charge is 0.230 e. The molecular formula is C28H35N5O3. The molecule has 36 heavy (non-hydrogen) atoms. The average Bonchev–Trinajstić information content (AvgIpc) is 3.35. The summed E-state index contributed by atoms with van der Waals surface area (Å²) in [6, 6.07) is 10.2. The Balaban J connectivity index is 1.50. The number of hydrogen-bond acceptors (Lipinski definition) is 7. The Bertz CT molecular complexity index is 1250. The molecule has 1 N–H and O–H groups in total. The number of benzene rings is 1. The molecule has 1 aromatic carbocycles. The van der Waals surface area contributed by atoms with Crippen LogP contribution in [0.2, 0.25) is 0 Å². The first-order valence-electron chi connectivity index (χ1n) is 12.7. The molecule has 3 aromatic rings. The molecule has 2 fully saturated rings. The van der Waals surface area contributed by atoms with Crippen molar-refractivity contribution in [3.05, 3.63) is 65.3 Å². The molecule has 2 saturated heterocycles. The molecule has 0 radical (unpaired) electrons. The maximum atomic E-state index is 12.4. The first-order chi connectivity index (χ1) is 17.1. The van der Waals surface area contributed by atoms with Crippen LogP contribution in [0.5, 0.6) is 0 Å². The van der Waals surface area contributed by atoms with E-state index < -0.39 is 11.0 Å². The van der Waals surface area contributed by atoms with Gasteiger partial charge in [0.2, 0.25) is 17.6 Å². The molecule has 190 valence electrons. The minimum absolute atomic E-state index is 0.0769. The van der Waals surface area contributed by atoms with Crippen molar-refractivity contribution in [3.8, 4) is 11.4 Å². The van der Waals surface area contributed by atoms with E-state index in [-0.39, 0.29) is 11.8 Å². The third-order valence-electron chi connectivity index (χ3n) is 7.97. The molecule has 5 rings (SSSR count). The van der Waals surface area contributed by atoms with Gasteiger partial charge in [-0.05, 0) is 36.6 Å². The number of aliphatic hydroxyl groups is 1. The summed E-state index contributed by atoms with van der Waals surface area (Å²) in [4.78, 5) is 25.2. The number of pyridine rings is 1. The average molecular weight is 490 g/mol. The molecule has 0 spiro atoms. The maximum Gasteiger partial charge on any atom is 0.230 e. The van der Waals surface area contributed by atoms with Gasteiger partial charge in [0.25, 0.3) is 0 Å². The summed E-state index contributed by atoms with van der Waals surface area (Å²) < 4.78 is 5.57. The normalized spacial score (nSPS) is 21.9. The lowest BCUT2D eigenvalue weighted by atomic mass is 9.62. The van der Waals surface area contributed by atoms with Crippen molar-refractivity contribution in [1.82, 2.24) is 24.9 Å². The Morgan fingerprint density at radius 1 is 1.14 bits per heavy atom. The zero-order valence-corrected chi connectivity index (χ0v) is 21.7. The van der Waals surface area contributed by atoms with Gasteiger partial charge >= 0.3 is 0 Å². The van der Waals surface area contributed by atoms with Crippen molar-refractivity contribution in [3.63, 3.8) is 0 Å². The summed E-state index contributed by atoms with van der Waals surface area (Å²) in [6.07, 6.45) is 4.59. The molecule has 2 atom stereocenters. The second-order valence-electron chi connectivity index (χ2n) is 11.1. The van der Waals surface area contributed by atoms with E-state index in [2.05, 4.69) is 60.0 Å². The summed E-state index contributed by atoms with van der Waals surface area (Å²) in [5, 5.41) is 16.6. The predicted molar refractivity (Wildman–Crippen MR) is 136 cm³/mol. The van der Waals surface area contributed by atoms with Crippen LogP contribution in [0.3, 0.4) is 0 Å². The molecule has 0 bridgehead atoms. The zero-order valence-electron chi connectivity index (χ0n) is 21.7. The fourth-order valence-corrected chi connectivity index (χ4v) is 5.78. The van der Waals surface area contributed by atoms with Crippen LogP contribution in [0.25, 0.3) is 11.4 Å². The Kier molecular flexibility index (Phi) is 6.21. The lowest BCUT2D eigenvalue weighted by Crippen LogP contribution is -2.63. The van der Waals surface area contributed by atoms with Gasteiger partial charge in [0, 0.05) is 68.0 Å². The standard InChI is InChI=1S/C28H35N5O3/c1-18(2)19-6-8-22(9-7-19)28(35,27(3)16-32(4)17-27)23-12-21(14-29-15-23)25-30-26(36-31-25)20-10-11-33(5)24(34)13-20/h6-9,12,14-15,18,20,35H,10-11,13,16-17H2,1-5H3/t20?,28-/m0/s1. The molecule has 1 amide bonds. The lowest BCUT2D eigenvalue weighted by Gasteiger charge is -2.55. The van der Waals surface area contributed by atoms with Crippen LogP contribution >= 0.6 is 0 Å². The fraction of sp³-hybridized carbons (Fsp3) is 0.500. The number of rotatable bonds is 6. The van der Waals surface area contributed by atoms with Crippen LogP contribution in [-0.2, 0) is 10.4 Å². The summed E-state index contributed by atoms with van der Waals surface area (Å²) in [5.41, 5.74) is 1.82. The van der Waals surface area contributed by atoms with E-state index >= 15 is 0 Å². The minimum Gasteiger partial charge on any atom is -0.380 e. The van der Waals surface area contributed by atoms with E-state index in [1.807, 2.05) is 25.2 Å². The van der Waals surface area contributed by atoms with Crippen LogP contribution in [0, 0.1) is 5.41 Å². The predicted octanol–water partition coefficient (Wildman–Crippen LogP) is 3.78. The minimum atomic E-state index is -1.25. The molecule has 2 aliphatic rings. The van der Waals surface area contributed by atoms with Crippen molar-refractivity contribution in [2.24, 2.45) is 5.41 Å². The summed E-state index contributed by atoms with van der Waals surface area (Å²) in [7, 11) is 3.88. The summed E-state index contributed by atoms with van der Waals surface area (Å²) in [6.45, 7) is 8.65. The first-order valence-corrected chi connectivity index (χ1v) is 12.7. The van der Waals surface area contributed by atoms with E-state index in [1.54, 1.807) is 17.3 Å². The van der Waals surface area contributed by atoms with Crippen molar-refractivity contribution in [1.29, 1.82) is 0 Å². The van der Waals surface area contributed by atoms with Crippen LogP contribution in [0.4, 0.5) is 0 Å². The SMILES string of the molecule is CC(C)c1ccc([C@](O)(c2cncc(-c3noc(C4CCN(C)C(=O)C4)n3)c2)C2(C)CN(C)C2)cc1. The number of carbonyl (C=O) groups excluding carboxylic acids is 1. The number of hydrogen-bond donors (Lipinski definition) is 1. The Morgan fingerprint density at radius 3 is 2.50 bits per heavy atom. The van der Waals surface area contributed by atoms with Gasteiger partial charge in [-0.3, -0.25) is 9.78 Å². The van der Waals surface area contributed by atoms with Gasteiger partial charge in [-0.2, -0.15) is 4.98 Å². The second-order valence-corrected chi connectivity index (χ2v) is 11.1. The molecule has 8 heteroatoms. The Hall–Kier alpha value is -3.10. The Morgan fingerprint density at radius 2 is 1.86 bits per heavy atom. The first kappa shape index (κ1) is 24.6. The highest BCUT2D eigenvalue weighted by Gasteiger charge is 2.55. The monoisotopic (exact) mass is 489 g/mol. The highest BCUT2D eigenvalue weighted by Crippen LogP contribution is 2.50. The molecule has 2 aliphatic heterocycles. The van der Waals surface area contributed by atoms with Gasteiger partial charge in [-0.15, -0.1) is 0 Å². The van der Waals surface area contributed by atoms with Gasteiger partial charge < -0.3 is 19.4 Å². The molecule has 1 unspecified atom stereocenters. The molecule has 8 nitrogen and oxygen atoms in total. The molecule has 4 heterocycles. The molecule has 0 saturated carbocycles. The number of amides is 1. The van der Waals surface area contributed by atoms with E-state index in [4.69, 9.17) is 4.52 Å². The number of carbonyl (C=O) groups is 1. The quantitative estimate of drug-likeness (QED) is 0.563. The number of likely N-dealkylation sites (tertiary alicyclic amines) is 2. The fourth-order valence-electron chi connectivity index (χ4n) is 5.78. The number of aromatic nitrogens is 3. The van der Waals surface area contributed by atoms with E-state index in [1.165, 1.54) is 5.56 Å². The third kappa shape index (κ3) is 4.12. The molecule has 2 aromatic heterocycles. The topological polar surface area (TPSA) is 95.6 Å². The third-order valence-corrected chi connectivity index (χ3v) is 7.97. The van der Waals surface area contributed by atoms with Gasteiger partial charge in [0.05, 0.1) is 0 Å². The van der Waals surface area contributed by atoms with Crippen LogP contribution in [-0.4, -0.2) is 69.7 Å². The van der Waals surface area contributed by atoms with Gasteiger partial charge in [-0.25, -0.2) is 0 Å². The Labute approximate surface area is 212 Å². The van der Waals surface area contributed by atoms with E-state index in [9.17, 15) is 9.90 Å². The van der Waals surface area contributed by atoms with Crippen molar-refractivity contribution in [2.75, 3.05) is 33.7 Å². The maximum absolute atomic E-state index is 12.4. The molecule has 0 aliphatic carbocycles. The largest absolute Gasteiger partial charge is 0.380 e. The van der Waals surface area contributed by atoms with Crippen LogP contribution in [0.1, 0.15) is 68.0 Å². The van der Waals surface area contributed by atoms with Gasteiger partial charge in [-0.1, -0.05) is 50.2 Å². The highest BCUT2D eigenvalue weighted by molar-refractivity contribution is 5.77. The van der Waals surface area contributed by atoms with E-state index in [0.717, 1.165) is 25.1 Å². The highest BCUT2D eigenvalue weighted by atomic mass is 16.5. The van der Waals surface area contributed by atoms with Crippen molar-refractivity contribution < 1.29 is 14.4 Å². The van der Waals surface area contributed by atoms with Crippen LogP contribution < -0.4 is 0 Å². The van der Waals surface area contributed by atoms with Crippen LogP contribution in [0.15, 0.2) is 47.2 Å². The van der Waals surface area contributed by atoms with E-state index in [0.29, 0.717) is 41.7 Å². The van der Waals surface area contributed by atoms with Gasteiger partial charge in [0.1, 0.15) is 5.60 Å². The van der Waals surface area contributed by atoms with Crippen molar-refractivity contribution >= 4 is 5.91 Å². The number of piperidine rings is 1. The molecular weight excluding hydrogens is 454 g/mol. The second kappa shape index (κ2) is 9.09. The number of nitrogens with zero attached hydrogens (tertiary/aromatic N) is 5. The lowest BCUT2D eigenvalue weighted by molar-refractivity contribution is -0.132.